The summed E-state index contributed by atoms with van der Waals surface area (Å²) in [5, 5.41) is 13.9. The van der Waals surface area contributed by atoms with E-state index in [1.165, 1.54) is 0 Å². The molecule has 1 aromatic carbocycles. The molecule has 0 aliphatic carbocycles. The zero-order valence-electron chi connectivity index (χ0n) is 15.8. The summed E-state index contributed by atoms with van der Waals surface area (Å²) >= 11 is 0. The van der Waals surface area contributed by atoms with Crippen LogP contribution in [0.4, 0.5) is 4.79 Å². The summed E-state index contributed by atoms with van der Waals surface area (Å²) in [6.45, 7) is 5.20. The number of carbonyl (C=O) groups excluding carboxylic acids is 3. The topological polar surface area (TPSA) is 134 Å². The second-order valence-corrected chi connectivity index (χ2v) is 6.66. The zero-order valence-corrected chi connectivity index (χ0v) is 15.8. The number of nitrogens with zero attached hydrogens (tertiary/aromatic N) is 1. The fourth-order valence-electron chi connectivity index (χ4n) is 2.34. The number of hydrogen-bond acceptors (Lipinski definition) is 5. The maximum Gasteiger partial charge on any atom is 0.408 e. The van der Waals surface area contributed by atoms with Gasteiger partial charge in [0.05, 0.1) is 6.07 Å². The van der Waals surface area contributed by atoms with Crippen molar-refractivity contribution in [1.82, 2.24) is 10.6 Å². The molecule has 0 aliphatic rings. The smallest absolute Gasteiger partial charge is 0.408 e. The average Bonchev–Trinajstić information content (AvgIpc) is 2.64. The normalized spacial score (nSPS) is 13.7. The molecular formula is C19H26N4O4. The van der Waals surface area contributed by atoms with Crippen molar-refractivity contribution in [3.05, 3.63) is 35.9 Å². The van der Waals surface area contributed by atoms with Gasteiger partial charge in [-0.3, -0.25) is 9.59 Å². The summed E-state index contributed by atoms with van der Waals surface area (Å²) < 4.78 is 5.13. The molecule has 1 rings (SSSR count). The lowest BCUT2D eigenvalue weighted by atomic mass is 10.00. The number of amides is 3. The molecule has 0 radical (unpaired) electrons. The number of nitrogens with one attached hydrogen (secondary N) is 2. The number of benzene rings is 1. The predicted molar refractivity (Wildman–Crippen MR) is 98.9 cm³/mol. The first-order valence-corrected chi connectivity index (χ1v) is 8.71. The van der Waals surface area contributed by atoms with E-state index in [9.17, 15) is 14.4 Å². The van der Waals surface area contributed by atoms with Crippen LogP contribution < -0.4 is 16.4 Å². The van der Waals surface area contributed by atoms with E-state index in [1.54, 1.807) is 20.8 Å². The van der Waals surface area contributed by atoms with Gasteiger partial charge in [0.15, 0.2) is 0 Å². The van der Waals surface area contributed by atoms with Crippen molar-refractivity contribution in [2.75, 3.05) is 0 Å². The maximum atomic E-state index is 12.5. The van der Waals surface area contributed by atoms with Crippen LogP contribution in [0.25, 0.3) is 0 Å². The van der Waals surface area contributed by atoms with Crippen LogP contribution in [0, 0.1) is 23.2 Å². The lowest BCUT2D eigenvalue weighted by Crippen LogP contribution is -2.55. The third-order valence-corrected chi connectivity index (χ3v) is 3.90. The Morgan fingerprint density at radius 2 is 1.78 bits per heavy atom. The van der Waals surface area contributed by atoms with Gasteiger partial charge in [0.25, 0.3) is 0 Å². The second kappa shape index (κ2) is 10.8. The van der Waals surface area contributed by atoms with Gasteiger partial charge < -0.3 is 21.1 Å². The predicted octanol–water partition coefficient (Wildman–Crippen LogP) is 1.46. The molecule has 0 aromatic heterocycles. The number of carbonyl (C=O) groups is 3. The highest BCUT2D eigenvalue weighted by molar-refractivity contribution is 5.90. The summed E-state index contributed by atoms with van der Waals surface area (Å²) in [6.07, 6.45) is -0.644. The van der Waals surface area contributed by atoms with Gasteiger partial charge in [-0.25, -0.2) is 4.79 Å². The number of rotatable bonds is 9. The molecular weight excluding hydrogens is 348 g/mol. The Balaban J connectivity index is 2.67. The van der Waals surface area contributed by atoms with Crippen molar-refractivity contribution in [2.24, 2.45) is 17.6 Å². The molecule has 0 unspecified atom stereocenters. The van der Waals surface area contributed by atoms with Crippen molar-refractivity contribution in [2.45, 2.75) is 45.9 Å². The van der Waals surface area contributed by atoms with Crippen LogP contribution in [0.15, 0.2) is 30.3 Å². The molecule has 3 atom stereocenters. The molecule has 8 nitrogen and oxygen atoms in total. The van der Waals surface area contributed by atoms with E-state index < -0.39 is 35.9 Å². The number of nitrogens with two attached hydrogens (primary N) is 1. The molecule has 146 valence electrons. The minimum atomic E-state index is -0.990. The molecule has 1 aromatic rings. The maximum absolute atomic E-state index is 12.5. The zero-order chi connectivity index (χ0) is 20.4. The fourth-order valence-corrected chi connectivity index (χ4v) is 2.34. The third kappa shape index (κ3) is 7.77. The highest BCUT2D eigenvalue weighted by Crippen LogP contribution is 2.08. The lowest BCUT2D eigenvalue weighted by Gasteiger charge is -2.24. The molecule has 0 aliphatic heterocycles. The Labute approximate surface area is 159 Å². The Morgan fingerprint density at radius 3 is 2.30 bits per heavy atom. The molecule has 8 heteroatoms. The van der Waals surface area contributed by atoms with Crippen LogP contribution in [0.5, 0.6) is 0 Å². The number of hydrogen-bond donors (Lipinski definition) is 3. The van der Waals surface area contributed by atoms with Gasteiger partial charge in [0.1, 0.15) is 18.7 Å². The quantitative estimate of drug-likeness (QED) is 0.601. The van der Waals surface area contributed by atoms with E-state index >= 15 is 0 Å². The summed E-state index contributed by atoms with van der Waals surface area (Å²) in [7, 11) is 0. The molecule has 0 saturated carbocycles. The van der Waals surface area contributed by atoms with E-state index in [-0.39, 0.29) is 18.9 Å². The SMILES string of the molecule is CC(C)[C@H](NC(=O)OCc1ccccc1)C(=O)N[C@H](C[C@@H](C)C#N)C(N)=O. The van der Waals surface area contributed by atoms with Gasteiger partial charge in [-0.2, -0.15) is 5.26 Å². The van der Waals surface area contributed by atoms with Gasteiger partial charge >= 0.3 is 6.09 Å². The number of alkyl carbamates (subject to hydrolysis) is 1. The monoisotopic (exact) mass is 374 g/mol. The number of nitriles is 1. The van der Waals surface area contributed by atoms with Crippen LogP contribution >= 0.6 is 0 Å². The Bertz CT molecular complexity index is 685. The van der Waals surface area contributed by atoms with Crippen molar-refractivity contribution < 1.29 is 19.1 Å². The minimum Gasteiger partial charge on any atom is -0.445 e. The van der Waals surface area contributed by atoms with E-state index in [4.69, 9.17) is 15.7 Å². The summed E-state index contributed by atoms with van der Waals surface area (Å²) in [4.78, 5) is 36.1. The summed E-state index contributed by atoms with van der Waals surface area (Å²) in [6, 6.07) is 9.22. The van der Waals surface area contributed by atoms with Crippen molar-refractivity contribution >= 4 is 17.9 Å². The standard InChI is InChI=1S/C19H26N4O4/c1-12(2)16(18(25)22-15(17(21)24)9-13(3)10-20)23-19(26)27-11-14-7-5-4-6-8-14/h4-8,12-13,15-16H,9,11H2,1-3H3,(H2,21,24)(H,22,25)(H,23,26)/t13-,15-,16+/m1/s1. The highest BCUT2D eigenvalue weighted by Gasteiger charge is 2.29. The van der Waals surface area contributed by atoms with Crippen molar-refractivity contribution in [1.29, 1.82) is 5.26 Å². The van der Waals surface area contributed by atoms with Crippen molar-refractivity contribution in [3.63, 3.8) is 0 Å². The lowest BCUT2D eigenvalue weighted by molar-refractivity contribution is -0.129. The second-order valence-electron chi connectivity index (χ2n) is 6.66. The van der Waals surface area contributed by atoms with Crippen LogP contribution in [0.1, 0.15) is 32.8 Å². The molecule has 4 N–H and O–H groups in total. The molecule has 0 saturated heterocycles. The van der Waals surface area contributed by atoms with Crippen LogP contribution in [-0.2, 0) is 20.9 Å². The van der Waals surface area contributed by atoms with E-state index in [0.717, 1.165) is 5.56 Å². The third-order valence-electron chi connectivity index (χ3n) is 3.90. The van der Waals surface area contributed by atoms with Crippen LogP contribution in [0.3, 0.4) is 0 Å². The van der Waals surface area contributed by atoms with Crippen LogP contribution in [-0.4, -0.2) is 30.0 Å². The summed E-state index contributed by atoms with van der Waals surface area (Å²) in [5.74, 6) is -2.00. The van der Waals surface area contributed by atoms with Gasteiger partial charge in [0, 0.05) is 5.92 Å². The fraction of sp³-hybridized carbons (Fsp3) is 0.474. The van der Waals surface area contributed by atoms with E-state index in [1.807, 2.05) is 36.4 Å². The Hall–Kier alpha value is -3.08. The van der Waals surface area contributed by atoms with Gasteiger partial charge in [-0.05, 0) is 24.8 Å². The molecule has 0 heterocycles. The molecule has 3 amide bonds. The Morgan fingerprint density at radius 1 is 1.15 bits per heavy atom. The molecule has 27 heavy (non-hydrogen) atoms. The number of ether oxygens (including phenoxy) is 1. The first-order chi connectivity index (χ1) is 12.7. The van der Waals surface area contributed by atoms with E-state index in [2.05, 4.69) is 10.6 Å². The highest BCUT2D eigenvalue weighted by atomic mass is 16.5. The number of primary amides is 1. The largest absolute Gasteiger partial charge is 0.445 e. The first-order valence-electron chi connectivity index (χ1n) is 8.71. The van der Waals surface area contributed by atoms with Gasteiger partial charge in [-0.1, -0.05) is 44.2 Å². The van der Waals surface area contributed by atoms with Gasteiger partial charge in [-0.15, -0.1) is 0 Å². The average molecular weight is 374 g/mol. The van der Waals surface area contributed by atoms with Crippen molar-refractivity contribution in [3.8, 4) is 6.07 Å². The Kier molecular flexibility index (Phi) is 8.79. The minimum absolute atomic E-state index is 0.0721. The van der Waals surface area contributed by atoms with E-state index in [0.29, 0.717) is 0 Å². The summed E-state index contributed by atoms with van der Waals surface area (Å²) in [5.41, 5.74) is 6.12. The van der Waals surface area contributed by atoms with Gasteiger partial charge in [0.2, 0.25) is 11.8 Å². The van der Waals surface area contributed by atoms with Crippen LogP contribution in [0.2, 0.25) is 0 Å². The first kappa shape index (κ1) is 22.0. The molecule has 0 bridgehead atoms. The molecule has 0 fully saturated rings. The molecule has 0 spiro atoms.